The number of benzene rings is 2. The zero-order valence-corrected chi connectivity index (χ0v) is 11.0. The standard InChI is InChI=1S/C15H16N4/c1-10-5-3-4-6-12(10)15-17-13-9-11(18-16)7-8-14(13)19(15)2/h3-9,18H,16H2,1-2H3. The van der Waals surface area contributed by atoms with Gasteiger partial charge < -0.3 is 9.99 Å². The summed E-state index contributed by atoms with van der Waals surface area (Å²) >= 11 is 0. The van der Waals surface area contributed by atoms with E-state index in [-0.39, 0.29) is 0 Å². The van der Waals surface area contributed by atoms with E-state index in [1.165, 1.54) is 5.56 Å². The quantitative estimate of drug-likeness (QED) is 0.544. The molecule has 1 heterocycles. The second-order valence-electron chi connectivity index (χ2n) is 4.66. The number of imidazole rings is 1. The number of nitrogens with two attached hydrogens (primary N) is 1. The third-order valence-corrected chi connectivity index (χ3v) is 3.43. The lowest BCUT2D eigenvalue weighted by Gasteiger charge is -2.05. The molecule has 4 nitrogen and oxygen atoms in total. The fraction of sp³-hybridized carbons (Fsp3) is 0.133. The molecule has 4 heteroatoms. The fourth-order valence-corrected chi connectivity index (χ4v) is 2.35. The average molecular weight is 252 g/mol. The number of fused-ring (bicyclic) bond motifs is 1. The molecule has 1 aromatic heterocycles. The van der Waals surface area contributed by atoms with Crippen LogP contribution in [0.1, 0.15) is 5.56 Å². The van der Waals surface area contributed by atoms with Gasteiger partial charge in [-0.2, -0.15) is 0 Å². The predicted molar refractivity (Wildman–Crippen MR) is 78.7 cm³/mol. The molecule has 0 saturated heterocycles. The van der Waals surface area contributed by atoms with Gasteiger partial charge in [-0.3, -0.25) is 5.84 Å². The zero-order valence-electron chi connectivity index (χ0n) is 11.0. The zero-order chi connectivity index (χ0) is 13.4. The molecule has 0 aliphatic heterocycles. The van der Waals surface area contributed by atoms with E-state index in [2.05, 4.69) is 29.0 Å². The normalized spacial score (nSPS) is 10.9. The van der Waals surface area contributed by atoms with Crippen LogP contribution < -0.4 is 11.3 Å². The maximum absolute atomic E-state index is 5.44. The van der Waals surface area contributed by atoms with Crippen molar-refractivity contribution in [3.05, 3.63) is 48.0 Å². The Hall–Kier alpha value is -2.33. The number of hydrazine groups is 1. The molecule has 0 bridgehead atoms. The van der Waals surface area contributed by atoms with Crippen LogP contribution >= 0.6 is 0 Å². The Balaban J connectivity index is 2.25. The molecule has 3 rings (SSSR count). The summed E-state index contributed by atoms with van der Waals surface area (Å²) in [4.78, 5) is 4.72. The monoisotopic (exact) mass is 252 g/mol. The summed E-state index contributed by atoms with van der Waals surface area (Å²) in [6, 6.07) is 14.2. The van der Waals surface area contributed by atoms with E-state index in [0.29, 0.717) is 0 Å². The molecule has 2 aromatic carbocycles. The van der Waals surface area contributed by atoms with Crippen molar-refractivity contribution in [2.24, 2.45) is 12.9 Å². The molecule has 0 aliphatic rings. The van der Waals surface area contributed by atoms with E-state index in [9.17, 15) is 0 Å². The molecule has 0 atom stereocenters. The van der Waals surface area contributed by atoms with Crippen molar-refractivity contribution in [1.29, 1.82) is 0 Å². The van der Waals surface area contributed by atoms with Crippen molar-refractivity contribution in [3.8, 4) is 11.4 Å². The van der Waals surface area contributed by atoms with Crippen molar-refractivity contribution in [3.63, 3.8) is 0 Å². The van der Waals surface area contributed by atoms with Crippen LogP contribution in [-0.4, -0.2) is 9.55 Å². The molecule has 0 aliphatic carbocycles. The van der Waals surface area contributed by atoms with Gasteiger partial charge in [0.15, 0.2) is 0 Å². The maximum Gasteiger partial charge on any atom is 0.141 e. The smallest absolute Gasteiger partial charge is 0.141 e. The van der Waals surface area contributed by atoms with Gasteiger partial charge in [-0.1, -0.05) is 24.3 Å². The first-order valence-corrected chi connectivity index (χ1v) is 6.20. The van der Waals surface area contributed by atoms with Gasteiger partial charge in [0.05, 0.1) is 16.7 Å². The minimum atomic E-state index is 0.863. The van der Waals surface area contributed by atoms with Crippen molar-refractivity contribution in [1.82, 2.24) is 9.55 Å². The first kappa shape index (κ1) is 11.7. The van der Waals surface area contributed by atoms with E-state index in [4.69, 9.17) is 10.8 Å². The molecule has 0 saturated carbocycles. The molecule has 0 unspecified atom stereocenters. The molecule has 96 valence electrons. The minimum Gasteiger partial charge on any atom is -0.327 e. The summed E-state index contributed by atoms with van der Waals surface area (Å²) in [7, 11) is 2.03. The molecule has 3 aromatic rings. The molecular formula is C15H16N4. The number of nitrogens with one attached hydrogen (secondary N) is 1. The van der Waals surface area contributed by atoms with Gasteiger partial charge >= 0.3 is 0 Å². The van der Waals surface area contributed by atoms with Gasteiger partial charge in [-0.15, -0.1) is 0 Å². The fourth-order valence-electron chi connectivity index (χ4n) is 2.35. The number of nitrogens with zero attached hydrogens (tertiary/aromatic N) is 2. The van der Waals surface area contributed by atoms with Crippen LogP contribution in [0.15, 0.2) is 42.5 Å². The van der Waals surface area contributed by atoms with E-state index >= 15 is 0 Å². The predicted octanol–water partition coefficient (Wildman–Crippen LogP) is 2.83. The van der Waals surface area contributed by atoms with E-state index in [1.807, 2.05) is 37.4 Å². The summed E-state index contributed by atoms with van der Waals surface area (Å²) in [6.07, 6.45) is 0. The first-order chi connectivity index (χ1) is 9.20. The van der Waals surface area contributed by atoms with Gasteiger partial charge in [0.1, 0.15) is 5.82 Å². The Bertz CT molecular complexity index is 743. The van der Waals surface area contributed by atoms with Crippen molar-refractivity contribution in [2.45, 2.75) is 6.92 Å². The molecule has 0 amide bonds. The molecule has 0 radical (unpaired) electrons. The van der Waals surface area contributed by atoms with Gasteiger partial charge in [0.25, 0.3) is 0 Å². The molecule has 3 N–H and O–H groups in total. The summed E-state index contributed by atoms with van der Waals surface area (Å²) in [5.41, 5.74) is 7.92. The molecule has 0 fully saturated rings. The Morgan fingerprint density at radius 1 is 1.16 bits per heavy atom. The Labute approximate surface area is 111 Å². The van der Waals surface area contributed by atoms with E-state index < -0.39 is 0 Å². The largest absolute Gasteiger partial charge is 0.327 e. The van der Waals surface area contributed by atoms with Crippen molar-refractivity contribution >= 4 is 16.7 Å². The number of rotatable bonds is 2. The van der Waals surface area contributed by atoms with Crippen LogP contribution in [-0.2, 0) is 7.05 Å². The summed E-state index contributed by atoms with van der Waals surface area (Å²) in [5, 5.41) is 0. The topological polar surface area (TPSA) is 55.9 Å². The molecule has 19 heavy (non-hydrogen) atoms. The summed E-state index contributed by atoms with van der Waals surface area (Å²) < 4.78 is 2.11. The van der Waals surface area contributed by atoms with Gasteiger partial charge in [0.2, 0.25) is 0 Å². The summed E-state index contributed by atoms with van der Waals surface area (Å²) in [5.74, 6) is 6.41. The van der Waals surface area contributed by atoms with Crippen LogP contribution in [0.3, 0.4) is 0 Å². The SMILES string of the molecule is Cc1ccccc1-c1nc2cc(NN)ccc2n1C. The van der Waals surface area contributed by atoms with E-state index in [0.717, 1.165) is 28.1 Å². The number of aromatic nitrogens is 2. The van der Waals surface area contributed by atoms with Crippen molar-refractivity contribution < 1.29 is 0 Å². The lowest BCUT2D eigenvalue weighted by molar-refractivity contribution is 0.957. The van der Waals surface area contributed by atoms with Crippen LogP contribution in [0.2, 0.25) is 0 Å². The number of nitrogen functional groups attached to an aromatic ring is 1. The van der Waals surface area contributed by atoms with Crippen LogP contribution in [0.4, 0.5) is 5.69 Å². The van der Waals surface area contributed by atoms with Gasteiger partial charge in [-0.25, -0.2) is 4.98 Å². The highest BCUT2D eigenvalue weighted by Gasteiger charge is 2.11. The van der Waals surface area contributed by atoms with Gasteiger partial charge in [-0.05, 0) is 30.7 Å². The number of hydrogen-bond acceptors (Lipinski definition) is 3. The highest BCUT2D eigenvalue weighted by Crippen LogP contribution is 2.27. The van der Waals surface area contributed by atoms with Gasteiger partial charge in [0, 0.05) is 12.6 Å². The minimum absolute atomic E-state index is 0.863. The lowest BCUT2D eigenvalue weighted by atomic mass is 10.1. The highest BCUT2D eigenvalue weighted by molar-refractivity contribution is 5.84. The lowest BCUT2D eigenvalue weighted by Crippen LogP contribution is -2.06. The first-order valence-electron chi connectivity index (χ1n) is 6.20. The highest BCUT2D eigenvalue weighted by atomic mass is 15.2. The third-order valence-electron chi connectivity index (χ3n) is 3.43. The Morgan fingerprint density at radius 3 is 2.68 bits per heavy atom. The number of aryl methyl sites for hydroxylation is 2. The molecule has 0 spiro atoms. The van der Waals surface area contributed by atoms with E-state index in [1.54, 1.807) is 0 Å². The van der Waals surface area contributed by atoms with Crippen LogP contribution in [0.25, 0.3) is 22.4 Å². The second kappa shape index (κ2) is 4.40. The Morgan fingerprint density at radius 2 is 1.95 bits per heavy atom. The van der Waals surface area contributed by atoms with Crippen LogP contribution in [0, 0.1) is 6.92 Å². The van der Waals surface area contributed by atoms with Crippen molar-refractivity contribution in [2.75, 3.05) is 5.43 Å². The third kappa shape index (κ3) is 1.86. The number of hydrogen-bond donors (Lipinski definition) is 2. The molecular weight excluding hydrogens is 236 g/mol. The number of anilines is 1. The average Bonchev–Trinajstić information content (AvgIpc) is 2.76. The second-order valence-corrected chi connectivity index (χ2v) is 4.66. The van der Waals surface area contributed by atoms with Crippen LogP contribution in [0.5, 0.6) is 0 Å². The Kier molecular flexibility index (Phi) is 2.72. The maximum atomic E-state index is 5.44. The summed E-state index contributed by atoms with van der Waals surface area (Å²) in [6.45, 7) is 2.10.